The third kappa shape index (κ3) is 2.37. The molecule has 96 valence electrons. The lowest BCUT2D eigenvalue weighted by Gasteiger charge is -2.28. The molecule has 2 rings (SSSR count). The van der Waals surface area contributed by atoms with E-state index in [1.165, 1.54) is 19.3 Å². The van der Waals surface area contributed by atoms with Crippen LogP contribution in [0, 0.1) is 17.8 Å². The van der Waals surface area contributed by atoms with Crippen LogP contribution in [0.2, 0.25) is 0 Å². The minimum atomic E-state index is 0.100. The first-order valence-electron chi connectivity index (χ1n) is 6.40. The van der Waals surface area contributed by atoms with Gasteiger partial charge in [0.1, 0.15) is 0 Å². The van der Waals surface area contributed by atoms with E-state index in [1.807, 2.05) is 6.92 Å². The Kier molecular flexibility index (Phi) is 3.54. The van der Waals surface area contributed by atoms with E-state index < -0.39 is 0 Å². The van der Waals surface area contributed by atoms with E-state index in [1.54, 1.807) is 4.90 Å². The van der Waals surface area contributed by atoms with Crippen LogP contribution < -0.4 is 5.73 Å². The molecule has 0 radical (unpaired) electrons. The molecule has 5 heteroatoms. The van der Waals surface area contributed by atoms with Gasteiger partial charge in [-0.05, 0) is 38.0 Å². The first-order valence-corrected chi connectivity index (χ1v) is 6.40. The minimum Gasteiger partial charge on any atom is -0.409 e. The Bertz CT molecular complexity index is 330. The highest BCUT2D eigenvalue weighted by molar-refractivity contribution is 5.88. The van der Waals surface area contributed by atoms with Crippen molar-refractivity contribution in [2.75, 3.05) is 13.1 Å². The molecule has 2 aliphatic carbocycles. The summed E-state index contributed by atoms with van der Waals surface area (Å²) in [5.41, 5.74) is 5.47. The first kappa shape index (κ1) is 12.2. The van der Waals surface area contributed by atoms with Crippen molar-refractivity contribution in [1.29, 1.82) is 0 Å². The van der Waals surface area contributed by atoms with Gasteiger partial charge in [-0.15, -0.1) is 0 Å². The molecule has 3 N–H and O–H groups in total. The van der Waals surface area contributed by atoms with Crippen LogP contribution in [0.1, 0.15) is 32.6 Å². The Morgan fingerprint density at radius 1 is 1.47 bits per heavy atom. The third-order valence-electron chi connectivity index (χ3n) is 4.23. The van der Waals surface area contributed by atoms with Crippen LogP contribution >= 0.6 is 0 Å². The molecule has 0 heterocycles. The third-order valence-corrected chi connectivity index (χ3v) is 4.23. The molecule has 2 bridgehead atoms. The number of fused-ring (bicyclic) bond motifs is 2. The summed E-state index contributed by atoms with van der Waals surface area (Å²) < 4.78 is 0. The van der Waals surface area contributed by atoms with Crippen LogP contribution in [0.5, 0.6) is 0 Å². The fourth-order valence-electron chi connectivity index (χ4n) is 3.35. The van der Waals surface area contributed by atoms with E-state index in [-0.39, 0.29) is 24.2 Å². The second-order valence-electron chi connectivity index (χ2n) is 5.23. The number of rotatable bonds is 4. The first-order chi connectivity index (χ1) is 8.15. The molecule has 0 spiro atoms. The maximum absolute atomic E-state index is 12.4. The molecule has 1 amide bonds. The van der Waals surface area contributed by atoms with Gasteiger partial charge in [0.25, 0.3) is 0 Å². The van der Waals surface area contributed by atoms with E-state index in [0.717, 1.165) is 12.3 Å². The number of nitrogens with two attached hydrogens (primary N) is 1. The highest BCUT2D eigenvalue weighted by Crippen LogP contribution is 2.48. The highest BCUT2D eigenvalue weighted by atomic mass is 16.4. The normalized spacial score (nSPS) is 31.8. The van der Waals surface area contributed by atoms with Gasteiger partial charge in [-0.3, -0.25) is 4.79 Å². The second kappa shape index (κ2) is 4.94. The summed E-state index contributed by atoms with van der Waals surface area (Å²) in [7, 11) is 0. The number of amides is 1. The fourth-order valence-corrected chi connectivity index (χ4v) is 3.35. The SMILES string of the molecule is CCN(C/C(N)=N/O)C(=O)C1CC2CCC1C2. The molecule has 17 heavy (non-hydrogen) atoms. The molecule has 3 atom stereocenters. The highest BCUT2D eigenvalue weighted by Gasteiger charge is 2.44. The van der Waals surface area contributed by atoms with E-state index in [4.69, 9.17) is 10.9 Å². The lowest BCUT2D eigenvalue weighted by atomic mass is 9.87. The summed E-state index contributed by atoms with van der Waals surface area (Å²) in [6.07, 6.45) is 4.75. The predicted octanol–water partition coefficient (Wildman–Crippen LogP) is 1.02. The van der Waals surface area contributed by atoms with Gasteiger partial charge >= 0.3 is 0 Å². The van der Waals surface area contributed by atoms with Gasteiger partial charge in [-0.1, -0.05) is 11.6 Å². The largest absolute Gasteiger partial charge is 0.409 e. The molecule has 3 unspecified atom stereocenters. The van der Waals surface area contributed by atoms with Crippen LogP contribution in [0.4, 0.5) is 0 Å². The van der Waals surface area contributed by atoms with Crippen LogP contribution in [0.15, 0.2) is 5.16 Å². The molecule has 2 fully saturated rings. The second-order valence-corrected chi connectivity index (χ2v) is 5.23. The molecule has 2 saturated carbocycles. The van der Waals surface area contributed by atoms with E-state index >= 15 is 0 Å². The Labute approximate surface area is 102 Å². The van der Waals surface area contributed by atoms with Gasteiger partial charge in [-0.25, -0.2) is 0 Å². The molecule has 0 saturated heterocycles. The average Bonchev–Trinajstić information content (AvgIpc) is 2.96. The van der Waals surface area contributed by atoms with Crippen LogP contribution in [-0.4, -0.2) is 34.9 Å². The monoisotopic (exact) mass is 239 g/mol. The quantitative estimate of drug-likeness (QED) is 0.333. The van der Waals surface area contributed by atoms with Crippen LogP contribution in [0.25, 0.3) is 0 Å². The van der Waals surface area contributed by atoms with Crippen LogP contribution in [-0.2, 0) is 4.79 Å². The molecule has 2 aliphatic rings. The number of carbonyl (C=O) groups is 1. The summed E-state index contributed by atoms with van der Waals surface area (Å²) in [5.74, 6) is 1.81. The summed E-state index contributed by atoms with van der Waals surface area (Å²) in [6, 6.07) is 0. The number of amidine groups is 1. The Morgan fingerprint density at radius 3 is 2.71 bits per heavy atom. The molecular weight excluding hydrogens is 218 g/mol. The average molecular weight is 239 g/mol. The van der Waals surface area contributed by atoms with E-state index in [2.05, 4.69) is 5.16 Å². The minimum absolute atomic E-state index is 0.100. The topological polar surface area (TPSA) is 78.9 Å². The van der Waals surface area contributed by atoms with Gasteiger partial charge in [0.2, 0.25) is 5.91 Å². The number of nitrogens with zero attached hydrogens (tertiary/aromatic N) is 2. The lowest BCUT2D eigenvalue weighted by Crippen LogP contribution is -2.42. The summed E-state index contributed by atoms with van der Waals surface area (Å²) in [6.45, 7) is 2.78. The van der Waals surface area contributed by atoms with Crippen molar-refractivity contribution in [2.45, 2.75) is 32.6 Å². The Hall–Kier alpha value is -1.26. The van der Waals surface area contributed by atoms with Crippen molar-refractivity contribution in [1.82, 2.24) is 4.90 Å². The summed E-state index contributed by atoms with van der Waals surface area (Å²) in [5, 5.41) is 11.5. The van der Waals surface area contributed by atoms with Crippen LogP contribution in [0.3, 0.4) is 0 Å². The van der Waals surface area contributed by atoms with Gasteiger partial charge < -0.3 is 15.8 Å². The standard InChI is InChI=1S/C12H21N3O2/c1-2-15(7-11(13)14-17)12(16)10-6-8-3-4-9(10)5-8/h8-10,17H,2-7H2,1H3,(H2,13,14). The lowest BCUT2D eigenvalue weighted by molar-refractivity contribution is -0.136. The zero-order valence-electron chi connectivity index (χ0n) is 10.3. The Balaban J connectivity index is 1.97. The molecule has 0 aliphatic heterocycles. The maximum Gasteiger partial charge on any atom is 0.226 e. The van der Waals surface area contributed by atoms with Crippen molar-refractivity contribution in [2.24, 2.45) is 28.6 Å². The maximum atomic E-state index is 12.4. The zero-order chi connectivity index (χ0) is 12.4. The van der Waals surface area contributed by atoms with E-state index in [9.17, 15) is 4.79 Å². The van der Waals surface area contributed by atoms with Crippen molar-refractivity contribution >= 4 is 11.7 Å². The molecule has 0 aromatic carbocycles. The van der Waals surface area contributed by atoms with Crippen molar-refractivity contribution in [3.8, 4) is 0 Å². The van der Waals surface area contributed by atoms with Crippen molar-refractivity contribution in [3.63, 3.8) is 0 Å². The smallest absolute Gasteiger partial charge is 0.226 e. The number of likely N-dealkylation sites (N-methyl/N-ethyl adjacent to an activating group) is 1. The van der Waals surface area contributed by atoms with Gasteiger partial charge in [0.05, 0.1) is 6.54 Å². The summed E-state index contributed by atoms with van der Waals surface area (Å²) in [4.78, 5) is 14.0. The number of oxime groups is 1. The zero-order valence-corrected chi connectivity index (χ0v) is 10.3. The van der Waals surface area contributed by atoms with Gasteiger partial charge in [-0.2, -0.15) is 0 Å². The van der Waals surface area contributed by atoms with Gasteiger partial charge in [0.15, 0.2) is 5.84 Å². The number of hydrogen-bond donors (Lipinski definition) is 2. The predicted molar refractivity (Wildman–Crippen MR) is 64.6 cm³/mol. The van der Waals surface area contributed by atoms with E-state index in [0.29, 0.717) is 12.5 Å². The molecule has 0 aromatic rings. The fraction of sp³-hybridized carbons (Fsp3) is 0.833. The number of hydrogen-bond acceptors (Lipinski definition) is 3. The Morgan fingerprint density at radius 2 is 2.24 bits per heavy atom. The van der Waals surface area contributed by atoms with Crippen molar-refractivity contribution in [3.05, 3.63) is 0 Å². The molecular formula is C12H21N3O2. The summed E-state index contributed by atoms with van der Waals surface area (Å²) >= 11 is 0. The van der Waals surface area contributed by atoms with Crippen molar-refractivity contribution < 1.29 is 10.0 Å². The number of carbonyl (C=O) groups excluding carboxylic acids is 1. The van der Waals surface area contributed by atoms with Gasteiger partial charge in [0, 0.05) is 12.5 Å². The molecule has 0 aromatic heterocycles. The molecule has 5 nitrogen and oxygen atoms in total.